The first-order valence-electron chi connectivity index (χ1n) is 6.64. The van der Waals surface area contributed by atoms with Crippen molar-refractivity contribution in [1.29, 1.82) is 0 Å². The Morgan fingerprint density at radius 2 is 1.65 bits per heavy atom. The van der Waals surface area contributed by atoms with Crippen molar-refractivity contribution >= 4 is 5.91 Å². The predicted octanol–water partition coefficient (Wildman–Crippen LogP) is 2.92. The maximum absolute atomic E-state index is 13.6. The molecule has 2 unspecified atom stereocenters. The summed E-state index contributed by atoms with van der Waals surface area (Å²) < 4.78 is 27.3. The molecule has 2 atom stereocenters. The smallest absolute Gasteiger partial charge is 0.237 e. The van der Waals surface area contributed by atoms with Crippen molar-refractivity contribution in [3.05, 3.63) is 35.4 Å². The molecule has 0 aromatic heterocycles. The highest BCUT2D eigenvalue weighted by Gasteiger charge is 2.23. The van der Waals surface area contributed by atoms with Crippen molar-refractivity contribution in [3.63, 3.8) is 0 Å². The minimum Gasteiger partial charge on any atom is -0.350 e. The molecule has 1 aromatic rings. The number of amides is 1. The normalized spacial score (nSPS) is 14.8. The van der Waals surface area contributed by atoms with Crippen LogP contribution < -0.4 is 10.6 Å². The monoisotopic (exact) mass is 284 g/mol. The van der Waals surface area contributed by atoms with E-state index in [4.69, 9.17) is 0 Å². The minimum atomic E-state index is -0.617. The molecule has 5 heteroatoms. The molecule has 0 aliphatic rings. The summed E-state index contributed by atoms with van der Waals surface area (Å²) in [6.45, 7) is 8.91. The van der Waals surface area contributed by atoms with Crippen LogP contribution >= 0.6 is 0 Å². The van der Waals surface area contributed by atoms with Gasteiger partial charge in [0.25, 0.3) is 0 Å². The van der Waals surface area contributed by atoms with Gasteiger partial charge in [-0.3, -0.25) is 10.1 Å². The quantitative estimate of drug-likeness (QED) is 0.892. The first-order valence-corrected chi connectivity index (χ1v) is 6.64. The van der Waals surface area contributed by atoms with E-state index in [2.05, 4.69) is 10.6 Å². The van der Waals surface area contributed by atoms with Gasteiger partial charge in [0.05, 0.1) is 6.04 Å². The fraction of sp³-hybridized carbons (Fsp3) is 0.533. The van der Waals surface area contributed by atoms with Gasteiger partial charge in [0.15, 0.2) is 0 Å². The predicted molar refractivity (Wildman–Crippen MR) is 75.3 cm³/mol. The Morgan fingerprint density at radius 1 is 1.15 bits per heavy atom. The van der Waals surface area contributed by atoms with Crippen LogP contribution in [0.1, 0.15) is 46.2 Å². The van der Waals surface area contributed by atoms with Crippen molar-refractivity contribution in [2.24, 2.45) is 0 Å². The fourth-order valence-corrected chi connectivity index (χ4v) is 1.94. The molecule has 0 aliphatic carbocycles. The molecule has 0 radical (unpaired) electrons. The summed E-state index contributed by atoms with van der Waals surface area (Å²) in [5, 5.41) is 5.72. The lowest BCUT2D eigenvalue weighted by Crippen LogP contribution is -2.50. The molecule has 0 saturated carbocycles. The summed E-state index contributed by atoms with van der Waals surface area (Å²) >= 11 is 0. The lowest BCUT2D eigenvalue weighted by molar-refractivity contribution is -0.124. The molecule has 0 spiro atoms. The van der Waals surface area contributed by atoms with E-state index >= 15 is 0 Å². The third-order valence-corrected chi connectivity index (χ3v) is 2.82. The zero-order valence-corrected chi connectivity index (χ0v) is 12.6. The number of halogens is 2. The van der Waals surface area contributed by atoms with Crippen molar-refractivity contribution in [2.75, 3.05) is 0 Å². The molecule has 0 bridgehead atoms. The van der Waals surface area contributed by atoms with Gasteiger partial charge in [-0.05, 0) is 46.8 Å². The molecule has 0 heterocycles. The average Bonchev–Trinajstić information content (AvgIpc) is 2.26. The first kappa shape index (κ1) is 16.6. The van der Waals surface area contributed by atoms with Gasteiger partial charge in [-0.1, -0.05) is 6.07 Å². The maximum atomic E-state index is 13.6. The molecule has 3 nitrogen and oxygen atoms in total. The second kappa shape index (κ2) is 6.31. The highest BCUT2D eigenvalue weighted by molar-refractivity contribution is 5.81. The van der Waals surface area contributed by atoms with Crippen LogP contribution in [0.5, 0.6) is 0 Å². The van der Waals surface area contributed by atoms with Crippen LogP contribution in [0.4, 0.5) is 8.78 Å². The second-order valence-corrected chi connectivity index (χ2v) is 5.98. The number of benzene rings is 1. The number of rotatable bonds is 4. The van der Waals surface area contributed by atoms with Gasteiger partial charge in [-0.15, -0.1) is 0 Å². The molecular formula is C15H22F2N2O. The van der Waals surface area contributed by atoms with Gasteiger partial charge in [0.2, 0.25) is 5.91 Å². The van der Waals surface area contributed by atoms with Crippen LogP contribution in [0.25, 0.3) is 0 Å². The lowest BCUT2D eigenvalue weighted by Gasteiger charge is -2.26. The largest absolute Gasteiger partial charge is 0.350 e. The van der Waals surface area contributed by atoms with E-state index in [0.29, 0.717) is 0 Å². The van der Waals surface area contributed by atoms with Crippen LogP contribution in [0.15, 0.2) is 18.2 Å². The molecule has 20 heavy (non-hydrogen) atoms. The molecular weight excluding hydrogens is 262 g/mol. The van der Waals surface area contributed by atoms with Gasteiger partial charge in [0.1, 0.15) is 11.6 Å². The maximum Gasteiger partial charge on any atom is 0.237 e. The van der Waals surface area contributed by atoms with Gasteiger partial charge in [-0.2, -0.15) is 0 Å². The Hall–Kier alpha value is -1.49. The zero-order chi connectivity index (χ0) is 15.5. The van der Waals surface area contributed by atoms with Gasteiger partial charge in [0, 0.05) is 17.1 Å². The van der Waals surface area contributed by atoms with E-state index in [9.17, 15) is 13.6 Å². The molecule has 112 valence electrons. The van der Waals surface area contributed by atoms with E-state index in [1.54, 1.807) is 13.8 Å². The highest BCUT2D eigenvalue weighted by atomic mass is 19.1. The average molecular weight is 284 g/mol. The highest BCUT2D eigenvalue weighted by Crippen LogP contribution is 2.20. The SMILES string of the molecule is CC(NC(C)c1c(F)cccc1F)C(=O)NC(C)(C)C. The van der Waals surface area contributed by atoms with Crippen molar-refractivity contribution < 1.29 is 13.6 Å². The van der Waals surface area contributed by atoms with Crippen molar-refractivity contribution in [2.45, 2.75) is 52.2 Å². The Morgan fingerprint density at radius 3 is 2.10 bits per heavy atom. The Balaban J connectivity index is 2.75. The summed E-state index contributed by atoms with van der Waals surface area (Å²) in [5.74, 6) is -1.44. The van der Waals surface area contributed by atoms with E-state index in [-0.39, 0.29) is 17.0 Å². The molecule has 0 saturated heterocycles. The van der Waals surface area contributed by atoms with Crippen LogP contribution in [0.3, 0.4) is 0 Å². The van der Waals surface area contributed by atoms with Gasteiger partial charge in [-0.25, -0.2) is 8.78 Å². The Kier molecular flexibility index (Phi) is 5.22. The van der Waals surface area contributed by atoms with E-state index in [1.165, 1.54) is 18.2 Å². The van der Waals surface area contributed by atoms with Crippen LogP contribution in [-0.4, -0.2) is 17.5 Å². The first-order chi connectivity index (χ1) is 9.11. The van der Waals surface area contributed by atoms with E-state index < -0.39 is 23.7 Å². The molecule has 2 N–H and O–H groups in total. The van der Waals surface area contributed by atoms with Crippen molar-refractivity contribution in [1.82, 2.24) is 10.6 Å². The van der Waals surface area contributed by atoms with E-state index in [0.717, 1.165) is 0 Å². The number of carbonyl (C=O) groups excluding carboxylic acids is 1. The number of hydrogen-bond acceptors (Lipinski definition) is 2. The minimum absolute atomic E-state index is 0.0529. The van der Waals surface area contributed by atoms with Gasteiger partial charge < -0.3 is 5.32 Å². The number of carbonyl (C=O) groups is 1. The van der Waals surface area contributed by atoms with Crippen LogP contribution in [0, 0.1) is 11.6 Å². The van der Waals surface area contributed by atoms with Crippen LogP contribution in [-0.2, 0) is 4.79 Å². The van der Waals surface area contributed by atoms with Crippen molar-refractivity contribution in [3.8, 4) is 0 Å². The van der Waals surface area contributed by atoms with Crippen LogP contribution in [0.2, 0.25) is 0 Å². The number of hydrogen-bond donors (Lipinski definition) is 2. The summed E-state index contributed by atoms with van der Waals surface area (Å²) in [6.07, 6.45) is 0. The number of nitrogens with one attached hydrogen (secondary N) is 2. The zero-order valence-electron chi connectivity index (χ0n) is 12.6. The summed E-state index contributed by atoms with van der Waals surface area (Å²) in [6, 6.07) is 2.57. The topological polar surface area (TPSA) is 41.1 Å². The standard InChI is InChI=1S/C15H22F2N2O/c1-9(13-11(16)7-6-8-12(13)17)18-10(2)14(20)19-15(3,4)5/h6-10,18H,1-5H3,(H,19,20). The molecule has 0 aliphatic heterocycles. The molecule has 0 fully saturated rings. The molecule has 1 rings (SSSR count). The third-order valence-electron chi connectivity index (χ3n) is 2.82. The summed E-state index contributed by atoms with van der Waals surface area (Å²) in [4.78, 5) is 11.9. The lowest BCUT2D eigenvalue weighted by atomic mass is 10.1. The Bertz CT molecular complexity index is 463. The van der Waals surface area contributed by atoms with Gasteiger partial charge >= 0.3 is 0 Å². The Labute approximate surface area is 118 Å². The summed E-state index contributed by atoms with van der Waals surface area (Å²) in [7, 11) is 0. The summed E-state index contributed by atoms with van der Waals surface area (Å²) in [5.41, 5.74) is -0.401. The second-order valence-electron chi connectivity index (χ2n) is 5.98. The molecule has 1 amide bonds. The van der Waals surface area contributed by atoms with E-state index in [1.807, 2.05) is 20.8 Å². The molecule has 1 aromatic carbocycles. The fourth-order valence-electron chi connectivity index (χ4n) is 1.94. The third kappa shape index (κ3) is 4.56.